The highest BCUT2D eigenvalue weighted by molar-refractivity contribution is 6.36. The summed E-state index contributed by atoms with van der Waals surface area (Å²) in [6.45, 7) is 2.24. The largest absolute Gasteiger partial charge is 0.496 e. The maximum Gasteiger partial charge on any atom is 0.287 e. The molecule has 1 aromatic carbocycles. The molecule has 2 rings (SSSR count). The molecule has 0 radical (unpaired) electrons. The van der Waals surface area contributed by atoms with E-state index in [-0.39, 0.29) is 13.0 Å². The molecule has 0 aliphatic carbocycles. The van der Waals surface area contributed by atoms with Crippen molar-refractivity contribution in [3.8, 4) is 5.75 Å². The maximum atomic E-state index is 11.9. The van der Waals surface area contributed by atoms with Crippen LogP contribution in [0.1, 0.15) is 29.7 Å². The van der Waals surface area contributed by atoms with Gasteiger partial charge in [0.25, 0.3) is 5.91 Å². The number of hydrogen-bond donors (Lipinski definition) is 1. The van der Waals surface area contributed by atoms with E-state index in [1.165, 1.54) is 0 Å². The minimum Gasteiger partial charge on any atom is -0.496 e. The van der Waals surface area contributed by atoms with Gasteiger partial charge in [0.15, 0.2) is 0 Å². The van der Waals surface area contributed by atoms with Crippen molar-refractivity contribution in [2.45, 2.75) is 32.7 Å². The molecule has 0 unspecified atom stereocenters. The number of hydrogen-bond acceptors (Lipinski definition) is 4. The van der Waals surface area contributed by atoms with E-state index >= 15 is 0 Å². The molecule has 126 valence electrons. The number of nitrogens with zero attached hydrogens (tertiary/aromatic N) is 1. The molecule has 0 spiro atoms. The topological polar surface area (TPSA) is 68.3 Å². The third kappa shape index (κ3) is 5.19. The van der Waals surface area contributed by atoms with Gasteiger partial charge in [-0.25, -0.2) is 0 Å². The van der Waals surface area contributed by atoms with Gasteiger partial charge in [0, 0.05) is 30.4 Å². The molecule has 1 aromatic heterocycles. The second-order valence-electron chi connectivity index (χ2n) is 5.60. The Balaban J connectivity index is 1.78. The Morgan fingerprint density at radius 2 is 2.04 bits per heavy atom. The first-order valence-corrected chi connectivity index (χ1v) is 7.94. The fraction of sp³-hybridized carbons (Fsp3) is 0.316. The van der Waals surface area contributed by atoms with Gasteiger partial charge in [-0.15, -0.1) is 0 Å². The van der Waals surface area contributed by atoms with E-state index in [9.17, 15) is 9.59 Å². The number of aryl methyl sites for hydroxylation is 2. The number of rotatable bonds is 8. The van der Waals surface area contributed by atoms with Crippen molar-refractivity contribution in [2.75, 3.05) is 7.11 Å². The molecule has 0 saturated heterocycles. The van der Waals surface area contributed by atoms with Gasteiger partial charge in [-0.2, -0.15) is 0 Å². The minimum atomic E-state index is -0.557. The second kappa shape index (κ2) is 8.82. The number of pyridine rings is 1. The lowest BCUT2D eigenvalue weighted by Crippen LogP contribution is -2.30. The predicted octanol–water partition coefficient (Wildman–Crippen LogP) is 2.61. The van der Waals surface area contributed by atoms with Gasteiger partial charge < -0.3 is 10.1 Å². The molecule has 1 N–H and O–H groups in total. The molecular formula is C19H22N2O3. The number of aromatic nitrogens is 1. The molecular weight excluding hydrogens is 304 g/mol. The summed E-state index contributed by atoms with van der Waals surface area (Å²) in [5.41, 5.74) is 2.85. The highest BCUT2D eigenvalue weighted by Gasteiger charge is 2.14. The predicted molar refractivity (Wildman–Crippen MR) is 91.8 cm³/mol. The van der Waals surface area contributed by atoms with Crippen molar-refractivity contribution in [1.82, 2.24) is 10.3 Å². The molecule has 0 bridgehead atoms. The summed E-state index contributed by atoms with van der Waals surface area (Å²) in [4.78, 5) is 28.0. The minimum absolute atomic E-state index is 0.216. The molecule has 0 fully saturated rings. The standard InChI is InChI=1S/C19H22N2O3/c1-14-9-10-15(18(12-14)24-2)13-21-19(23)17(22)8-5-7-16-6-3-4-11-20-16/h3-4,6,9-12H,5,7-8,13H2,1-2H3,(H,21,23). The summed E-state index contributed by atoms with van der Waals surface area (Å²) in [6, 6.07) is 11.4. The van der Waals surface area contributed by atoms with Crippen LogP contribution in [0, 0.1) is 6.92 Å². The quantitative estimate of drug-likeness (QED) is 0.757. The van der Waals surface area contributed by atoms with Gasteiger partial charge in [0.1, 0.15) is 5.75 Å². The van der Waals surface area contributed by atoms with Crippen molar-refractivity contribution in [2.24, 2.45) is 0 Å². The van der Waals surface area contributed by atoms with Crippen LogP contribution in [0.5, 0.6) is 5.75 Å². The molecule has 2 aromatic rings. The molecule has 0 aliphatic heterocycles. The maximum absolute atomic E-state index is 11.9. The van der Waals surface area contributed by atoms with E-state index in [2.05, 4.69) is 10.3 Å². The van der Waals surface area contributed by atoms with Crippen LogP contribution in [-0.2, 0) is 22.6 Å². The first kappa shape index (κ1) is 17.7. The average molecular weight is 326 g/mol. The number of ketones is 1. The van der Waals surface area contributed by atoms with Crippen LogP contribution >= 0.6 is 0 Å². The number of benzene rings is 1. The molecule has 24 heavy (non-hydrogen) atoms. The highest BCUT2D eigenvalue weighted by Crippen LogP contribution is 2.19. The van der Waals surface area contributed by atoms with Crippen molar-refractivity contribution in [3.05, 3.63) is 59.4 Å². The van der Waals surface area contributed by atoms with Crippen LogP contribution in [0.15, 0.2) is 42.6 Å². The van der Waals surface area contributed by atoms with Crippen molar-refractivity contribution in [1.29, 1.82) is 0 Å². The van der Waals surface area contributed by atoms with E-state index in [4.69, 9.17) is 4.74 Å². The Morgan fingerprint density at radius 1 is 1.21 bits per heavy atom. The molecule has 5 heteroatoms. The molecule has 0 aliphatic rings. The third-order valence-electron chi connectivity index (χ3n) is 3.70. The van der Waals surface area contributed by atoms with E-state index < -0.39 is 11.7 Å². The summed E-state index contributed by atoms with van der Waals surface area (Å²) < 4.78 is 5.29. The SMILES string of the molecule is COc1cc(C)ccc1CNC(=O)C(=O)CCCc1ccccn1. The van der Waals surface area contributed by atoms with E-state index in [1.807, 2.05) is 43.3 Å². The first-order chi connectivity index (χ1) is 11.6. The van der Waals surface area contributed by atoms with Gasteiger partial charge >= 0.3 is 0 Å². The van der Waals surface area contributed by atoms with Gasteiger partial charge in [0.2, 0.25) is 5.78 Å². The number of amides is 1. The van der Waals surface area contributed by atoms with Gasteiger partial charge in [-0.1, -0.05) is 18.2 Å². The third-order valence-corrected chi connectivity index (χ3v) is 3.70. The number of carbonyl (C=O) groups is 2. The Bertz CT molecular complexity index is 699. The zero-order chi connectivity index (χ0) is 17.4. The smallest absolute Gasteiger partial charge is 0.287 e. The molecule has 1 amide bonds. The monoisotopic (exact) mass is 326 g/mol. The lowest BCUT2D eigenvalue weighted by atomic mass is 10.1. The zero-order valence-corrected chi connectivity index (χ0v) is 14.0. The lowest BCUT2D eigenvalue weighted by molar-refractivity contribution is -0.138. The Hall–Kier alpha value is -2.69. The van der Waals surface area contributed by atoms with Gasteiger partial charge in [0.05, 0.1) is 7.11 Å². The normalized spacial score (nSPS) is 10.2. The van der Waals surface area contributed by atoms with Crippen molar-refractivity contribution in [3.63, 3.8) is 0 Å². The summed E-state index contributed by atoms with van der Waals surface area (Å²) in [6.07, 6.45) is 3.23. The van der Waals surface area contributed by atoms with Crippen LogP contribution in [0.3, 0.4) is 0 Å². The van der Waals surface area contributed by atoms with Gasteiger partial charge in [-0.05, 0) is 43.5 Å². The summed E-state index contributed by atoms with van der Waals surface area (Å²) >= 11 is 0. The second-order valence-corrected chi connectivity index (χ2v) is 5.60. The van der Waals surface area contributed by atoms with Crippen LogP contribution < -0.4 is 10.1 Å². The van der Waals surface area contributed by atoms with Crippen LogP contribution in [-0.4, -0.2) is 23.8 Å². The van der Waals surface area contributed by atoms with E-state index in [0.29, 0.717) is 18.6 Å². The molecule has 0 saturated carbocycles. The van der Waals surface area contributed by atoms with Crippen LogP contribution in [0.25, 0.3) is 0 Å². The Labute approximate surface area is 142 Å². The highest BCUT2D eigenvalue weighted by atomic mass is 16.5. The van der Waals surface area contributed by atoms with Gasteiger partial charge in [-0.3, -0.25) is 14.6 Å². The summed E-state index contributed by atoms with van der Waals surface area (Å²) in [7, 11) is 1.59. The summed E-state index contributed by atoms with van der Waals surface area (Å²) in [5.74, 6) is -0.256. The number of Topliss-reactive ketones (excluding diaryl/α,β-unsaturated/α-hetero) is 1. The summed E-state index contributed by atoms with van der Waals surface area (Å²) in [5, 5.41) is 2.66. The lowest BCUT2D eigenvalue weighted by Gasteiger charge is -2.10. The van der Waals surface area contributed by atoms with Crippen LogP contribution in [0.4, 0.5) is 0 Å². The fourth-order valence-corrected chi connectivity index (χ4v) is 2.36. The van der Waals surface area contributed by atoms with Crippen LogP contribution in [0.2, 0.25) is 0 Å². The van der Waals surface area contributed by atoms with E-state index in [0.717, 1.165) is 16.8 Å². The molecule has 0 atom stereocenters. The van der Waals surface area contributed by atoms with E-state index in [1.54, 1.807) is 13.3 Å². The molecule has 1 heterocycles. The molecule has 5 nitrogen and oxygen atoms in total. The number of carbonyl (C=O) groups excluding carboxylic acids is 2. The number of nitrogens with one attached hydrogen (secondary N) is 1. The zero-order valence-electron chi connectivity index (χ0n) is 14.0. The average Bonchev–Trinajstić information content (AvgIpc) is 2.61. The Morgan fingerprint density at radius 3 is 2.75 bits per heavy atom. The first-order valence-electron chi connectivity index (χ1n) is 7.94. The number of ether oxygens (including phenoxy) is 1. The number of methoxy groups -OCH3 is 1. The van der Waals surface area contributed by atoms with Crippen molar-refractivity contribution >= 4 is 11.7 Å². The van der Waals surface area contributed by atoms with Crippen molar-refractivity contribution < 1.29 is 14.3 Å². The fourth-order valence-electron chi connectivity index (χ4n) is 2.36. The Kier molecular flexibility index (Phi) is 6.49.